The zero-order valence-corrected chi connectivity index (χ0v) is 9.90. The van der Waals surface area contributed by atoms with E-state index in [9.17, 15) is 0 Å². The molecule has 2 rings (SSSR count). The molecular weight excluding hydrogens is 275 g/mol. The Bertz CT molecular complexity index is 264. The quantitative estimate of drug-likeness (QED) is 0.765. The lowest BCUT2D eigenvalue weighted by Gasteiger charge is -2.21. The smallest absolute Gasteiger partial charge is 0.119 e. The van der Waals surface area contributed by atoms with Crippen LogP contribution in [0.2, 0.25) is 0 Å². The molecule has 0 aromatic carbocycles. The van der Waals surface area contributed by atoms with Crippen LogP contribution >= 0.6 is 22.6 Å². The zero-order valence-electron chi connectivity index (χ0n) is 7.75. The molecule has 1 aromatic rings. The molecule has 3 heteroatoms. The van der Waals surface area contributed by atoms with Crippen LogP contribution in [0.4, 0.5) is 0 Å². The molecular formula is C10H15IN2. The van der Waals surface area contributed by atoms with Gasteiger partial charge < -0.3 is 4.57 Å². The van der Waals surface area contributed by atoms with Gasteiger partial charge in [-0.2, -0.15) is 0 Å². The summed E-state index contributed by atoms with van der Waals surface area (Å²) in [6, 6.07) is 0. The van der Waals surface area contributed by atoms with Crippen molar-refractivity contribution >= 4 is 22.6 Å². The monoisotopic (exact) mass is 290 g/mol. The molecule has 1 aliphatic rings. The first kappa shape index (κ1) is 9.49. The molecule has 0 spiro atoms. The van der Waals surface area contributed by atoms with Gasteiger partial charge in [0, 0.05) is 12.7 Å². The molecule has 1 saturated carbocycles. The van der Waals surface area contributed by atoms with Gasteiger partial charge in [-0.05, 0) is 41.4 Å². The van der Waals surface area contributed by atoms with Crippen molar-refractivity contribution in [2.45, 2.75) is 38.6 Å². The van der Waals surface area contributed by atoms with Crippen LogP contribution in [0.15, 0.2) is 12.5 Å². The van der Waals surface area contributed by atoms with Crippen molar-refractivity contribution in [3.63, 3.8) is 0 Å². The zero-order chi connectivity index (χ0) is 9.10. The fourth-order valence-electron chi connectivity index (χ4n) is 2.10. The number of rotatable bonds is 2. The van der Waals surface area contributed by atoms with Crippen molar-refractivity contribution in [1.82, 2.24) is 9.55 Å². The first-order chi connectivity index (χ1) is 6.34. The second-order valence-electron chi connectivity index (χ2n) is 3.90. The highest BCUT2D eigenvalue weighted by Gasteiger charge is 2.13. The Balaban J connectivity index is 1.89. The summed E-state index contributed by atoms with van der Waals surface area (Å²) in [6.45, 7) is 1.18. The van der Waals surface area contributed by atoms with E-state index in [1.54, 1.807) is 0 Å². The van der Waals surface area contributed by atoms with Crippen molar-refractivity contribution < 1.29 is 0 Å². The van der Waals surface area contributed by atoms with Gasteiger partial charge in [-0.15, -0.1) is 0 Å². The standard InChI is InChI=1S/C10H15IN2/c11-10-7-13(8-12-10)6-9-4-2-1-3-5-9/h7-9H,1-6H2. The van der Waals surface area contributed by atoms with Crippen molar-refractivity contribution in [1.29, 1.82) is 0 Å². The van der Waals surface area contributed by atoms with Crippen LogP contribution in [-0.4, -0.2) is 9.55 Å². The van der Waals surface area contributed by atoms with Gasteiger partial charge in [-0.1, -0.05) is 19.3 Å². The summed E-state index contributed by atoms with van der Waals surface area (Å²) < 4.78 is 3.34. The first-order valence-corrected chi connectivity index (χ1v) is 6.10. The molecule has 2 nitrogen and oxygen atoms in total. The third-order valence-corrected chi connectivity index (χ3v) is 3.35. The second kappa shape index (κ2) is 4.44. The Morgan fingerprint density at radius 3 is 2.77 bits per heavy atom. The van der Waals surface area contributed by atoms with Gasteiger partial charge in [0.2, 0.25) is 0 Å². The summed E-state index contributed by atoms with van der Waals surface area (Å²) >= 11 is 2.26. The topological polar surface area (TPSA) is 17.8 Å². The maximum Gasteiger partial charge on any atom is 0.119 e. The average molecular weight is 290 g/mol. The van der Waals surface area contributed by atoms with E-state index in [1.807, 2.05) is 6.33 Å². The molecule has 1 aliphatic carbocycles. The first-order valence-electron chi connectivity index (χ1n) is 5.02. The Hall–Kier alpha value is -0.0600. The third-order valence-electron chi connectivity index (χ3n) is 2.80. The van der Waals surface area contributed by atoms with E-state index in [-0.39, 0.29) is 0 Å². The maximum atomic E-state index is 4.23. The molecule has 0 unspecified atom stereocenters. The second-order valence-corrected chi connectivity index (χ2v) is 5.00. The van der Waals surface area contributed by atoms with Gasteiger partial charge in [-0.25, -0.2) is 4.98 Å². The van der Waals surface area contributed by atoms with Crippen molar-refractivity contribution in [2.24, 2.45) is 5.92 Å². The summed E-state index contributed by atoms with van der Waals surface area (Å²) in [5, 5.41) is 0. The van der Waals surface area contributed by atoms with Crippen LogP contribution in [0.5, 0.6) is 0 Å². The number of aromatic nitrogens is 2. The average Bonchev–Trinajstić information content (AvgIpc) is 2.53. The lowest BCUT2D eigenvalue weighted by atomic mass is 9.89. The number of nitrogens with zero attached hydrogens (tertiary/aromatic N) is 2. The lowest BCUT2D eigenvalue weighted by Crippen LogP contribution is -2.12. The van der Waals surface area contributed by atoms with Gasteiger partial charge in [0.15, 0.2) is 0 Å². The predicted octanol–water partition coefficient (Wildman–Crippen LogP) is 3.07. The molecule has 72 valence electrons. The van der Waals surface area contributed by atoms with Crippen LogP contribution in [0.3, 0.4) is 0 Å². The molecule has 0 radical (unpaired) electrons. The van der Waals surface area contributed by atoms with E-state index in [4.69, 9.17) is 0 Å². The third kappa shape index (κ3) is 2.69. The highest BCUT2D eigenvalue weighted by Crippen LogP contribution is 2.24. The van der Waals surface area contributed by atoms with E-state index in [0.717, 1.165) is 9.62 Å². The van der Waals surface area contributed by atoms with Crippen LogP contribution in [0.25, 0.3) is 0 Å². The van der Waals surface area contributed by atoms with E-state index in [2.05, 4.69) is 38.3 Å². The van der Waals surface area contributed by atoms with Gasteiger partial charge in [0.05, 0.1) is 6.33 Å². The van der Waals surface area contributed by atoms with Crippen LogP contribution in [0, 0.1) is 9.62 Å². The van der Waals surface area contributed by atoms with Gasteiger partial charge in [0.25, 0.3) is 0 Å². The molecule has 0 saturated heterocycles. The molecule has 0 aliphatic heterocycles. The SMILES string of the molecule is Ic1cn(CC2CCCCC2)cn1. The molecule has 0 N–H and O–H groups in total. The van der Waals surface area contributed by atoms with Crippen molar-refractivity contribution in [3.05, 3.63) is 16.2 Å². The van der Waals surface area contributed by atoms with Crippen molar-refractivity contribution in [2.75, 3.05) is 0 Å². The predicted molar refractivity (Wildman–Crippen MR) is 61.5 cm³/mol. The van der Waals surface area contributed by atoms with Gasteiger partial charge >= 0.3 is 0 Å². The molecule has 0 amide bonds. The van der Waals surface area contributed by atoms with E-state index in [0.29, 0.717) is 0 Å². The number of halogens is 1. The molecule has 1 aromatic heterocycles. The van der Waals surface area contributed by atoms with Gasteiger partial charge in [-0.3, -0.25) is 0 Å². The largest absolute Gasteiger partial charge is 0.336 e. The van der Waals surface area contributed by atoms with Crippen LogP contribution < -0.4 is 0 Å². The summed E-state index contributed by atoms with van der Waals surface area (Å²) in [4.78, 5) is 4.23. The summed E-state index contributed by atoms with van der Waals surface area (Å²) in [6.07, 6.45) is 11.2. The molecule has 13 heavy (non-hydrogen) atoms. The normalized spacial score (nSPS) is 19.2. The fraction of sp³-hybridized carbons (Fsp3) is 0.700. The minimum Gasteiger partial charge on any atom is -0.336 e. The Morgan fingerprint density at radius 2 is 2.15 bits per heavy atom. The van der Waals surface area contributed by atoms with Crippen molar-refractivity contribution in [3.8, 4) is 0 Å². The molecule has 0 atom stereocenters. The van der Waals surface area contributed by atoms with Crippen LogP contribution in [0.1, 0.15) is 32.1 Å². The minimum absolute atomic E-state index is 0.902. The summed E-state index contributed by atoms with van der Waals surface area (Å²) in [5.74, 6) is 0.902. The van der Waals surface area contributed by atoms with E-state index in [1.165, 1.54) is 38.6 Å². The number of imidazole rings is 1. The fourth-order valence-corrected chi connectivity index (χ4v) is 2.58. The molecule has 1 fully saturated rings. The maximum absolute atomic E-state index is 4.23. The molecule has 1 heterocycles. The Kier molecular flexibility index (Phi) is 3.24. The highest BCUT2D eigenvalue weighted by atomic mass is 127. The highest BCUT2D eigenvalue weighted by molar-refractivity contribution is 14.1. The minimum atomic E-state index is 0.902. The summed E-state index contributed by atoms with van der Waals surface area (Å²) in [7, 11) is 0. The van der Waals surface area contributed by atoms with Crippen LogP contribution in [-0.2, 0) is 6.54 Å². The Labute approximate surface area is 92.9 Å². The Morgan fingerprint density at radius 1 is 1.38 bits per heavy atom. The van der Waals surface area contributed by atoms with E-state index >= 15 is 0 Å². The lowest BCUT2D eigenvalue weighted by molar-refractivity contribution is 0.319. The number of hydrogen-bond donors (Lipinski definition) is 0. The summed E-state index contributed by atoms with van der Waals surface area (Å²) in [5.41, 5.74) is 0. The van der Waals surface area contributed by atoms with E-state index < -0.39 is 0 Å². The van der Waals surface area contributed by atoms with Gasteiger partial charge in [0.1, 0.15) is 3.70 Å². The molecule has 0 bridgehead atoms. The number of hydrogen-bond acceptors (Lipinski definition) is 1.